The molecule has 0 saturated heterocycles. The van der Waals surface area contributed by atoms with Crippen LogP contribution in [0.15, 0.2) is 65.8 Å². The van der Waals surface area contributed by atoms with Crippen LogP contribution in [-0.4, -0.2) is 30.8 Å². The second-order valence-electron chi connectivity index (χ2n) is 6.09. The first-order valence-corrected chi connectivity index (χ1v) is 10.2. The number of carbonyl (C=O) groups excluding carboxylic acids is 1. The molecule has 0 radical (unpaired) electrons. The topological polar surface area (TPSA) is 101 Å². The van der Waals surface area contributed by atoms with E-state index in [1.807, 2.05) is 30.3 Å². The van der Waals surface area contributed by atoms with E-state index in [1.54, 1.807) is 19.9 Å². The van der Waals surface area contributed by atoms with Crippen molar-refractivity contribution in [1.82, 2.24) is 14.7 Å². The van der Waals surface area contributed by atoms with Gasteiger partial charge in [0.1, 0.15) is 0 Å². The predicted molar refractivity (Wildman–Crippen MR) is 107 cm³/mol. The van der Waals surface area contributed by atoms with E-state index >= 15 is 0 Å². The van der Waals surface area contributed by atoms with Crippen LogP contribution in [0.25, 0.3) is 11.4 Å². The van der Waals surface area contributed by atoms with E-state index in [2.05, 4.69) is 20.0 Å². The number of sulfonamides is 1. The third kappa shape index (κ3) is 4.41. The highest BCUT2D eigenvalue weighted by Crippen LogP contribution is 2.18. The Morgan fingerprint density at radius 1 is 1.04 bits per heavy atom. The molecule has 0 aliphatic carbocycles. The van der Waals surface area contributed by atoms with Gasteiger partial charge in [0.25, 0.3) is 5.91 Å². The molecule has 1 heterocycles. The molecule has 0 fully saturated rings. The molecule has 0 spiro atoms. The molecule has 7 nitrogen and oxygen atoms in total. The van der Waals surface area contributed by atoms with Crippen LogP contribution in [0.1, 0.15) is 22.8 Å². The Bertz CT molecular complexity index is 1080. The zero-order chi connectivity index (χ0) is 20.1. The van der Waals surface area contributed by atoms with Gasteiger partial charge in [0.05, 0.1) is 23.0 Å². The van der Waals surface area contributed by atoms with Crippen LogP contribution in [0, 0.1) is 6.92 Å². The van der Waals surface area contributed by atoms with E-state index in [4.69, 9.17) is 0 Å². The van der Waals surface area contributed by atoms with Crippen LogP contribution in [0.4, 0.5) is 5.69 Å². The summed E-state index contributed by atoms with van der Waals surface area (Å²) >= 11 is 0. The number of aryl methyl sites for hydroxylation is 1. The lowest BCUT2D eigenvalue weighted by atomic mass is 10.1. The molecule has 0 saturated carbocycles. The second-order valence-corrected chi connectivity index (χ2v) is 7.86. The van der Waals surface area contributed by atoms with Crippen LogP contribution < -0.4 is 10.0 Å². The first-order chi connectivity index (χ1) is 13.4. The standard InChI is InChI=1S/C20H20N4O3S/c1-3-23-28(26,27)17-10-9-14(2)18(11-17)20(25)24-16-12-21-19(22-13-16)15-7-5-4-6-8-15/h4-13,23H,3H2,1-2H3,(H,24,25). The van der Waals surface area contributed by atoms with Crippen molar-refractivity contribution in [2.45, 2.75) is 18.7 Å². The Hall–Kier alpha value is -3.10. The molecule has 0 aliphatic rings. The molecule has 8 heteroatoms. The van der Waals surface area contributed by atoms with Crippen molar-refractivity contribution in [3.8, 4) is 11.4 Å². The van der Waals surface area contributed by atoms with Crippen molar-refractivity contribution in [3.63, 3.8) is 0 Å². The van der Waals surface area contributed by atoms with E-state index in [9.17, 15) is 13.2 Å². The summed E-state index contributed by atoms with van der Waals surface area (Å²) in [5.74, 6) is 0.121. The Balaban J connectivity index is 1.81. The van der Waals surface area contributed by atoms with Gasteiger partial charge in [-0.05, 0) is 24.6 Å². The lowest BCUT2D eigenvalue weighted by Crippen LogP contribution is -2.24. The van der Waals surface area contributed by atoms with Crippen LogP contribution in [-0.2, 0) is 10.0 Å². The minimum atomic E-state index is -3.65. The fraction of sp³-hybridized carbons (Fsp3) is 0.150. The number of nitrogens with one attached hydrogen (secondary N) is 2. The molecular formula is C20H20N4O3S. The molecule has 0 atom stereocenters. The molecule has 1 amide bonds. The maximum atomic E-state index is 12.6. The molecule has 28 heavy (non-hydrogen) atoms. The number of hydrogen-bond donors (Lipinski definition) is 2. The Labute approximate surface area is 163 Å². The molecule has 3 rings (SSSR count). The van der Waals surface area contributed by atoms with E-state index < -0.39 is 15.9 Å². The number of amides is 1. The predicted octanol–water partition coefficient (Wildman–Crippen LogP) is 3.00. The number of hydrogen-bond acceptors (Lipinski definition) is 5. The molecular weight excluding hydrogens is 376 g/mol. The first-order valence-electron chi connectivity index (χ1n) is 8.70. The van der Waals surface area contributed by atoms with Crippen LogP contribution in [0.5, 0.6) is 0 Å². The van der Waals surface area contributed by atoms with Crippen molar-refractivity contribution >= 4 is 21.6 Å². The average molecular weight is 396 g/mol. The summed E-state index contributed by atoms with van der Waals surface area (Å²) in [6.45, 7) is 3.70. The quantitative estimate of drug-likeness (QED) is 0.667. The van der Waals surface area contributed by atoms with Crippen LogP contribution in [0.2, 0.25) is 0 Å². The molecule has 3 aromatic rings. The van der Waals surface area contributed by atoms with Gasteiger partial charge in [-0.25, -0.2) is 23.1 Å². The normalized spacial score (nSPS) is 11.2. The van der Waals surface area contributed by atoms with Gasteiger partial charge in [-0.15, -0.1) is 0 Å². The second kappa shape index (κ2) is 8.28. The van der Waals surface area contributed by atoms with Gasteiger partial charge in [0, 0.05) is 17.7 Å². The summed E-state index contributed by atoms with van der Waals surface area (Å²) in [4.78, 5) is 21.2. The first kappa shape index (κ1) is 19.7. The Morgan fingerprint density at radius 3 is 2.36 bits per heavy atom. The van der Waals surface area contributed by atoms with E-state index in [0.29, 0.717) is 17.1 Å². The lowest BCUT2D eigenvalue weighted by molar-refractivity contribution is 0.102. The zero-order valence-corrected chi connectivity index (χ0v) is 16.3. The maximum absolute atomic E-state index is 12.6. The fourth-order valence-corrected chi connectivity index (χ4v) is 3.68. The minimum Gasteiger partial charge on any atom is -0.319 e. The number of rotatable bonds is 6. The van der Waals surface area contributed by atoms with E-state index in [-0.39, 0.29) is 17.0 Å². The number of carbonyl (C=O) groups is 1. The van der Waals surface area contributed by atoms with Gasteiger partial charge in [-0.2, -0.15) is 0 Å². The van der Waals surface area contributed by atoms with Crippen molar-refractivity contribution in [2.24, 2.45) is 0 Å². The van der Waals surface area contributed by atoms with Crippen molar-refractivity contribution in [2.75, 3.05) is 11.9 Å². The molecule has 144 valence electrons. The highest BCUT2D eigenvalue weighted by Gasteiger charge is 2.17. The lowest BCUT2D eigenvalue weighted by Gasteiger charge is -2.10. The van der Waals surface area contributed by atoms with Crippen molar-refractivity contribution in [1.29, 1.82) is 0 Å². The van der Waals surface area contributed by atoms with Gasteiger partial charge in [-0.1, -0.05) is 43.3 Å². The monoisotopic (exact) mass is 396 g/mol. The molecule has 0 unspecified atom stereocenters. The van der Waals surface area contributed by atoms with Gasteiger partial charge < -0.3 is 5.32 Å². The van der Waals surface area contributed by atoms with Gasteiger partial charge in [0.15, 0.2) is 5.82 Å². The Morgan fingerprint density at radius 2 is 1.71 bits per heavy atom. The number of nitrogens with zero attached hydrogens (tertiary/aromatic N) is 2. The SMILES string of the molecule is CCNS(=O)(=O)c1ccc(C)c(C(=O)Nc2cnc(-c3ccccc3)nc2)c1. The summed E-state index contributed by atoms with van der Waals surface area (Å²) in [5, 5.41) is 2.71. The molecule has 2 aromatic carbocycles. The highest BCUT2D eigenvalue weighted by atomic mass is 32.2. The number of aromatic nitrogens is 2. The number of anilines is 1. The summed E-state index contributed by atoms with van der Waals surface area (Å²) in [6, 6.07) is 13.9. The van der Waals surface area contributed by atoms with Crippen molar-refractivity contribution in [3.05, 3.63) is 72.1 Å². The maximum Gasteiger partial charge on any atom is 0.256 e. The zero-order valence-electron chi connectivity index (χ0n) is 15.5. The van der Waals surface area contributed by atoms with Gasteiger partial charge >= 0.3 is 0 Å². The molecule has 0 bridgehead atoms. The van der Waals surface area contributed by atoms with Gasteiger partial charge in [-0.3, -0.25) is 4.79 Å². The Kier molecular flexibility index (Phi) is 5.81. The van der Waals surface area contributed by atoms with Crippen LogP contribution in [0.3, 0.4) is 0 Å². The summed E-state index contributed by atoms with van der Waals surface area (Å²) < 4.78 is 26.8. The fourth-order valence-electron chi connectivity index (χ4n) is 2.61. The summed E-state index contributed by atoms with van der Waals surface area (Å²) in [5.41, 5.74) is 2.22. The van der Waals surface area contributed by atoms with Crippen molar-refractivity contribution < 1.29 is 13.2 Å². The highest BCUT2D eigenvalue weighted by molar-refractivity contribution is 7.89. The summed E-state index contributed by atoms with van der Waals surface area (Å²) in [6.07, 6.45) is 3.03. The molecule has 1 aromatic heterocycles. The largest absolute Gasteiger partial charge is 0.319 e. The van der Waals surface area contributed by atoms with Gasteiger partial charge in [0.2, 0.25) is 10.0 Å². The summed E-state index contributed by atoms with van der Waals surface area (Å²) in [7, 11) is -3.65. The van der Waals surface area contributed by atoms with E-state index in [1.165, 1.54) is 24.5 Å². The third-order valence-electron chi connectivity index (χ3n) is 4.04. The van der Waals surface area contributed by atoms with Crippen LogP contribution >= 0.6 is 0 Å². The molecule has 0 aliphatic heterocycles. The average Bonchev–Trinajstić information content (AvgIpc) is 2.69. The minimum absolute atomic E-state index is 0.0424. The third-order valence-corrected chi connectivity index (χ3v) is 5.58. The van der Waals surface area contributed by atoms with E-state index in [0.717, 1.165) is 5.56 Å². The molecule has 2 N–H and O–H groups in total. The smallest absolute Gasteiger partial charge is 0.256 e. The number of benzene rings is 2.